The summed E-state index contributed by atoms with van der Waals surface area (Å²) in [6.07, 6.45) is 2.91. The van der Waals surface area contributed by atoms with Crippen LogP contribution in [0.1, 0.15) is 39.9 Å². The van der Waals surface area contributed by atoms with Crippen LogP contribution in [-0.2, 0) is 21.5 Å². The molecule has 2 unspecified atom stereocenters. The fraction of sp³-hybridized carbons (Fsp3) is 0.375. The summed E-state index contributed by atoms with van der Waals surface area (Å²) in [4.78, 5) is 25.1. The third-order valence-electron chi connectivity index (χ3n) is 6.20. The van der Waals surface area contributed by atoms with Gasteiger partial charge in [-0.05, 0) is 35.4 Å². The first kappa shape index (κ1) is 23.9. The van der Waals surface area contributed by atoms with Crippen molar-refractivity contribution < 1.29 is 19.4 Å². The molecule has 32 heavy (non-hydrogen) atoms. The molecule has 0 bridgehead atoms. The molecule has 0 radical (unpaired) electrons. The number of Topliss-reactive ketones (excluding diaryl/α,β-unsaturated/α-hetero) is 1. The molecule has 1 aliphatic heterocycles. The number of benzene rings is 2. The van der Waals surface area contributed by atoms with Crippen molar-refractivity contribution in [2.75, 3.05) is 26.3 Å². The lowest BCUT2D eigenvalue weighted by Crippen LogP contribution is -2.54. The Balaban J connectivity index is 0.00000289. The molecule has 0 saturated carbocycles. The number of aliphatic carboxylic acids is 1. The molecule has 1 aliphatic carbocycles. The average Bonchev–Trinajstić information content (AvgIpc) is 2.80. The van der Waals surface area contributed by atoms with Gasteiger partial charge in [-0.2, -0.15) is 5.10 Å². The van der Waals surface area contributed by atoms with Crippen LogP contribution < -0.4 is 5.73 Å². The number of halogens is 1. The van der Waals surface area contributed by atoms with E-state index in [0.717, 1.165) is 36.2 Å². The lowest BCUT2D eigenvalue weighted by molar-refractivity contribution is -0.138. The Hall–Kier alpha value is -2.74. The van der Waals surface area contributed by atoms with Crippen molar-refractivity contribution in [2.24, 2.45) is 16.8 Å². The van der Waals surface area contributed by atoms with Crippen LogP contribution in [0.4, 0.5) is 0 Å². The van der Waals surface area contributed by atoms with E-state index in [0.29, 0.717) is 25.2 Å². The van der Waals surface area contributed by atoms with Gasteiger partial charge in [0.15, 0.2) is 5.78 Å². The third-order valence-corrected chi connectivity index (χ3v) is 6.20. The lowest BCUT2D eigenvalue weighted by Gasteiger charge is -2.41. The Morgan fingerprint density at radius 2 is 1.84 bits per heavy atom. The average molecular weight is 458 g/mol. The second-order valence-corrected chi connectivity index (χ2v) is 8.12. The number of carboxylic acid groups (broad SMARTS) is 1. The van der Waals surface area contributed by atoms with E-state index in [1.807, 2.05) is 41.4 Å². The maximum Gasteiger partial charge on any atom is 0.303 e. The van der Waals surface area contributed by atoms with Gasteiger partial charge in [0.25, 0.3) is 0 Å². The van der Waals surface area contributed by atoms with Gasteiger partial charge < -0.3 is 15.6 Å². The molecule has 8 heteroatoms. The second kappa shape index (κ2) is 10.3. The zero-order valence-corrected chi connectivity index (χ0v) is 18.6. The summed E-state index contributed by atoms with van der Waals surface area (Å²) in [5.74, 6) is -1.65. The summed E-state index contributed by atoms with van der Waals surface area (Å²) in [6.45, 7) is 2.85. The maximum atomic E-state index is 13.6. The summed E-state index contributed by atoms with van der Waals surface area (Å²) in [5, 5.41) is 15.8. The number of nitrogens with zero attached hydrogens (tertiary/aromatic N) is 2. The predicted molar refractivity (Wildman–Crippen MR) is 124 cm³/mol. The summed E-state index contributed by atoms with van der Waals surface area (Å²) >= 11 is 0. The van der Waals surface area contributed by atoms with Crippen LogP contribution >= 0.6 is 12.4 Å². The summed E-state index contributed by atoms with van der Waals surface area (Å²) < 4.78 is 5.32. The molecule has 7 nitrogen and oxygen atoms in total. The highest BCUT2D eigenvalue weighted by molar-refractivity contribution is 6.05. The standard InChI is InChI=1S/C24H27N3O4.ClH/c25-24(20(15-22(28)29)10-9-18-3-1-2-4-21(18)24)23(30)19-7-5-17(6-8-19)16-26-27-11-13-31-14-12-27;/h1-8,16,20H,9-15,25H2,(H,28,29);1H. The minimum absolute atomic E-state index is 0. The van der Waals surface area contributed by atoms with Crippen molar-refractivity contribution in [3.8, 4) is 0 Å². The van der Waals surface area contributed by atoms with Crippen LogP contribution in [-0.4, -0.2) is 54.4 Å². The van der Waals surface area contributed by atoms with Crippen molar-refractivity contribution in [3.05, 3.63) is 70.8 Å². The van der Waals surface area contributed by atoms with Crippen LogP contribution in [0.5, 0.6) is 0 Å². The first-order valence-electron chi connectivity index (χ1n) is 10.6. The molecule has 4 rings (SSSR count). The number of ketones is 1. The number of carboxylic acids is 1. The highest BCUT2D eigenvalue weighted by atomic mass is 35.5. The SMILES string of the molecule is Cl.NC1(C(=O)c2ccc(C=NN3CCOCC3)cc2)c2ccccc2CCC1CC(=O)O. The Kier molecular flexibility index (Phi) is 7.66. The van der Waals surface area contributed by atoms with Gasteiger partial charge in [-0.3, -0.25) is 14.6 Å². The number of carbonyl (C=O) groups is 2. The van der Waals surface area contributed by atoms with Gasteiger partial charge in [0.05, 0.1) is 38.9 Å². The van der Waals surface area contributed by atoms with E-state index < -0.39 is 17.4 Å². The molecule has 2 aromatic carbocycles. The van der Waals surface area contributed by atoms with Crippen molar-refractivity contribution in [1.29, 1.82) is 0 Å². The van der Waals surface area contributed by atoms with E-state index in [-0.39, 0.29) is 24.6 Å². The molecule has 2 aliphatic rings. The zero-order valence-electron chi connectivity index (χ0n) is 17.8. The van der Waals surface area contributed by atoms with Crippen molar-refractivity contribution in [3.63, 3.8) is 0 Å². The van der Waals surface area contributed by atoms with Crippen LogP contribution in [0.15, 0.2) is 53.6 Å². The predicted octanol–water partition coefficient (Wildman–Crippen LogP) is 2.85. The number of fused-ring (bicyclic) bond motifs is 1. The minimum Gasteiger partial charge on any atom is -0.481 e. The van der Waals surface area contributed by atoms with Gasteiger partial charge in [0, 0.05) is 5.56 Å². The number of ether oxygens (including phenoxy) is 1. The van der Waals surface area contributed by atoms with E-state index in [1.54, 1.807) is 18.3 Å². The van der Waals surface area contributed by atoms with E-state index >= 15 is 0 Å². The van der Waals surface area contributed by atoms with Gasteiger partial charge in [0.1, 0.15) is 5.54 Å². The van der Waals surface area contributed by atoms with Crippen molar-refractivity contribution in [1.82, 2.24) is 5.01 Å². The van der Waals surface area contributed by atoms with E-state index in [1.165, 1.54) is 0 Å². The largest absolute Gasteiger partial charge is 0.481 e. The van der Waals surface area contributed by atoms with E-state index in [4.69, 9.17) is 10.5 Å². The fourth-order valence-corrected chi connectivity index (χ4v) is 4.48. The molecule has 170 valence electrons. The summed E-state index contributed by atoms with van der Waals surface area (Å²) in [5.41, 5.74) is 8.50. The molecule has 3 N–H and O–H groups in total. The van der Waals surface area contributed by atoms with Gasteiger partial charge in [-0.15, -0.1) is 12.4 Å². The topological polar surface area (TPSA) is 105 Å². The highest BCUT2D eigenvalue weighted by Gasteiger charge is 2.47. The molecule has 2 atom stereocenters. The molecule has 1 saturated heterocycles. The molecule has 2 aromatic rings. The van der Waals surface area contributed by atoms with Crippen LogP contribution in [0.25, 0.3) is 0 Å². The third kappa shape index (κ3) is 4.85. The Morgan fingerprint density at radius 1 is 1.16 bits per heavy atom. The lowest BCUT2D eigenvalue weighted by atomic mass is 9.65. The van der Waals surface area contributed by atoms with Gasteiger partial charge in [0.2, 0.25) is 0 Å². The number of hydrogen-bond donors (Lipinski definition) is 2. The van der Waals surface area contributed by atoms with Crippen molar-refractivity contribution in [2.45, 2.75) is 24.8 Å². The van der Waals surface area contributed by atoms with Gasteiger partial charge in [-0.1, -0.05) is 48.5 Å². The monoisotopic (exact) mass is 457 g/mol. The molecular weight excluding hydrogens is 430 g/mol. The Morgan fingerprint density at radius 3 is 2.53 bits per heavy atom. The number of aryl methyl sites for hydroxylation is 1. The number of rotatable bonds is 6. The molecule has 0 aromatic heterocycles. The first-order chi connectivity index (χ1) is 15.0. The number of nitrogens with two attached hydrogens (primary N) is 1. The Labute approximate surface area is 193 Å². The van der Waals surface area contributed by atoms with Crippen LogP contribution in [0.3, 0.4) is 0 Å². The van der Waals surface area contributed by atoms with Crippen LogP contribution in [0, 0.1) is 5.92 Å². The number of hydrogen-bond acceptors (Lipinski definition) is 6. The highest BCUT2D eigenvalue weighted by Crippen LogP contribution is 2.41. The number of hydrazone groups is 1. The Bertz CT molecular complexity index is 989. The minimum atomic E-state index is -1.36. The summed E-state index contributed by atoms with van der Waals surface area (Å²) in [6, 6.07) is 14.7. The van der Waals surface area contributed by atoms with Gasteiger partial charge in [-0.25, -0.2) is 0 Å². The molecule has 0 spiro atoms. The molecule has 1 fully saturated rings. The smallest absolute Gasteiger partial charge is 0.303 e. The normalized spacial score (nSPS) is 22.8. The van der Waals surface area contributed by atoms with Crippen molar-refractivity contribution >= 4 is 30.4 Å². The fourth-order valence-electron chi connectivity index (χ4n) is 4.48. The zero-order chi connectivity index (χ0) is 21.8. The molecule has 0 amide bonds. The molecular formula is C24H28ClN3O4. The number of carbonyl (C=O) groups excluding carboxylic acids is 1. The van der Waals surface area contributed by atoms with E-state index in [9.17, 15) is 14.7 Å². The second-order valence-electron chi connectivity index (χ2n) is 8.12. The maximum absolute atomic E-state index is 13.6. The van der Waals surface area contributed by atoms with E-state index in [2.05, 4.69) is 5.10 Å². The summed E-state index contributed by atoms with van der Waals surface area (Å²) in [7, 11) is 0. The quantitative estimate of drug-likeness (QED) is 0.510. The van der Waals surface area contributed by atoms with Crippen LogP contribution in [0.2, 0.25) is 0 Å². The number of morpholine rings is 1. The first-order valence-corrected chi connectivity index (χ1v) is 10.6. The molecule has 1 heterocycles. The van der Waals surface area contributed by atoms with Gasteiger partial charge >= 0.3 is 5.97 Å².